The lowest BCUT2D eigenvalue weighted by atomic mass is 10.1. The Hall–Kier alpha value is -2.57. The third-order valence-electron chi connectivity index (χ3n) is 3.61. The molecule has 2 amide bonds. The van der Waals surface area contributed by atoms with Gasteiger partial charge in [-0.15, -0.1) is 0 Å². The zero-order chi connectivity index (χ0) is 21.8. The smallest absolute Gasteiger partial charge is 0.326 e. The zero-order valence-electron chi connectivity index (χ0n) is 16.6. The Labute approximate surface area is 179 Å². The highest BCUT2D eigenvalue weighted by molar-refractivity contribution is 6.40. The van der Waals surface area contributed by atoms with Crippen LogP contribution in [0.3, 0.4) is 0 Å². The average molecular weight is 437 g/mol. The maximum absolute atomic E-state index is 13.3. The van der Waals surface area contributed by atoms with Gasteiger partial charge in [-0.2, -0.15) is 0 Å². The van der Waals surface area contributed by atoms with Crippen molar-refractivity contribution in [1.82, 2.24) is 0 Å². The molecular formula is C21H22Cl2N2O4. The SMILES string of the molecule is CC(=O)Nc1cccc(N(CC(=O)OC(C)(C)C)C(=O)c2c(Cl)cccc2Cl)c1. The van der Waals surface area contributed by atoms with Crippen LogP contribution in [0.4, 0.5) is 11.4 Å². The van der Waals surface area contributed by atoms with E-state index in [0.29, 0.717) is 11.4 Å². The van der Waals surface area contributed by atoms with Crippen molar-refractivity contribution in [1.29, 1.82) is 0 Å². The molecule has 1 N–H and O–H groups in total. The van der Waals surface area contributed by atoms with Crippen LogP contribution in [0.2, 0.25) is 10.0 Å². The fraction of sp³-hybridized carbons (Fsp3) is 0.286. The summed E-state index contributed by atoms with van der Waals surface area (Å²) in [5, 5.41) is 2.97. The minimum absolute atomic E-state index is 0.0734. The third kappa shape index (κ3) is 6.48. The predicted octanol–water partition coefficient (Wildman–Crippen LogP) is 4.94. The Bertz CT molecular complexity index is 918. The first-order valence-electron chi connectivity index (χ1n) is 8.83. The number of carbonyl (C=O) groups excluding carboxylic acids is 3. The first-order chi connectivity index (χ1) is 13.5. The lowest BCUT2D eigenvalue weighted by Gasteiger charge is -2.26. The topological polar surface area (TPSA) is 75.7 Å². The normalized spacial score (nSPS) is 11.0. The molecule has 0 unspecified atom stereocenters. The number of anilines is 2. The zero-order valence-corrected chi connectivity index (χ0v) is 18.1. The summed E-state index contributed by atoms with van der Waals surface area (Å²) < 4.78 is 5.36. The molecule has 154 valence electrons. The number of esters is 1. The standard InChI is InChI=1S/C21H22Cl2N2O4/c1-13(26)24-14-7-5-8-15(11-14)25(12-18(27)29-21(2,3)4)20(28)19-16(22)9-6-10-17(19)23/h5-11H,12H2,1-4H3,(H,24,26). The molecule has 2 aromatic rings. The number of halogens is 2. The van der Waals surface area contributed by atoms with Crippen molar-refractivity contribution < 1.29 is 19.1 Å². The summed E-state index contributed by atoms with van der Waals surface area (Å²) >= 11 is 12.4. The van der Waals surface area contributed by atoms with Crippen molar-refractivity contribution in [3.05, 3.63) is 58.1 Å². The maximum Gasteiger partial charge on any atom is 0.326 e. The molecular weight excluding hydrogens is 415 g/mol. The lowest BCUT2D eigenvalue weighted by molar-refractivity contribution is -0.152. The Morgan fingerprint density at radius 1 is 1.03 bits per heavy atom. The van der Waals surface area contributed by atoms with Crippen LogP contribution in [0.25, 0.3) is 0 Å². The minimum Gasteiger partial charge on any atom is -0.459 e. The van der Waals surface area contributed by atoms with E-state index >= 15 is 0 Å². The first kappa shape index (κ1) is 22.7. The second-order valence-electron chi connectivity index (χ2n) is 7.31. The lowest BCUT2D eigenvalue weighted by Crippen LogP contribution is -2.39. The van der Waals surface area contributed by atoms with Gasteiger partial charge in [0.1, 0.15) is 12.1 Å². The highest BCUT2D eigenvalue weighted by atomic mass is 35.5. The molecule has 0 bridgehead atoms. The number of nitrogens with one attached hydrogen (secondary N) is 1. The average Bonchev–Trinajstić information content (AvgIpc) is 2.57. The molecule has 29 heavy (non-hydrogen) atoms. The van der Waals surface area contributed by atoms with E-state index in [4.69, 9.17) is 27.9 Å². The predicted molar refractivity (Wildman–Crippen MR) is 115 cm³/mol. The molecule has 0 saturated carbocycles. The van der Waals surface area contributed by atoms with Crippen LogP contribution in [0.15, 0.2) is 42.5 Å². The van der Waals surface area contributed by atoms with Gasteiger partial charge in [0.2, 0.25) is 5.91 Å². The molecule has 0 radical (unpaired) electrons. The largest absolute Gasteiger partial charge is 0.459 e. The van der Waals surface area contributed by atoms with E-state index in [0.717, 1.165) is 0 Å². The van der Waals surface area contributed by atoms with Gasteiger partial charge in [-0.05, 0) is 51.1 Å². The molecule has 0 aliphatic carbocycles. The summed E-state index contributed by atoms with van der Waals surface area (Å²) in [6, 6.07) is 11.2. The van der Waals surface area contributed by atoms with Crippen molar-refractivity contribution in [3.63, 3.8) is 0 Å². The fourth-order valence-electron chi connectivity index (χ4n) is 2.58. The van der Waals surface area contributed by atoms with Crippen molar-refractivity contribution in [2.45, 2.75) is 33.3 Å². The molecule has 0 saturated heterocycles. The molecule has 2 aromatic carbocycles. The number of carbonyl (C=O) groups is 3. The second kappa shape index (κ2) is 9.29. The van der Waals surface area contributed by atoms with Gasteiger partial charge in [0.05, 0.1) is 15.6 Å². The number of hydrogen-bond acceptors (Lipinski definition) is 4. The van der Waals surface area contributed by atoms with Crippen LogP contribution >= 0.6 is 23.2 Å². The number of benzene rings is 2. The van der Waals surface area contributed by atoms with E-state index < -0.39 is 17.5 Å². The van der Waals surface area contributed by atoms with Crippen LogP contribution in [-0.2, 0) is 14.3 Å². The molecule has 0 heterocycles. The third-order valence-corrected chi connectivity index (χ3v) is 4.24. The van der Waals surface area contributed by atoms with Crippen molar-refractivity contribution in [3.8, 4) is 0 Å². The second-order valence-corrected chi connectivity index (χ2v) is 8.12. The van der Waals surface area contributed by atoms with Crippen LogP contribution < -0.4 is 10.2 Å². The van der Waals surface area contributed by atoms with Crippen molar-refractivity contribution in [2.24, 2.45) is 0 Å². The molecule has 0 spiro atoms. The quantitative estimate of drug-likeness (QED) is 0.673. The Kier molecular flexibility index (Phi) is 7.27. The molecule has 0 aliphatic rings. The number of nitrogens with zero attached hydrogens (tertiary/aromatic N) is 1. The van der Waals surface area contributed by atoms with Gasteiger partial charge in [0.15, 0.2) is 0 Å². The van der Waals surface area contributed by atoms with Crippen LogP contribution in [0.5, 0.6) is 0 Å². The van der Waals surface area contributed by atoms with Gasteiger partial charge in [-0.3, -0.25) is 19.3 Å². The molecule has 2 rings (SSSR count). The summed E-state index contributed by atoms with van der Waals surface area (Å²) in [7, 11) is 0. The number of ether oxygens (including phenoxy) is 1. The van der Waals surface area contributed by atoms with E-state index in [1.165, 1.54) is 11.8 Å². The number of hydrogen-bond donors (Lipinski definition) is 1. The highest BCUT2D eigenvalue weighted by Crippen LogP contribution is 2.29. The van der Waals surface area contributed by atoms with E-state index in [-0.39, 0.29) is 28.1 Å². The monoisotopic (exact) mass is 436 g/mol. The van der Waals surface area contributed by atoms with Crippen molar-refractivity contribution >= 4 is 52.4 Å². The molecule has 0 atom stereocenters. The van der Waals surface area contributed by atoms with E-state index in [1.54, 1.807) is 63.2 Å². The first-order valence-corrected chi connectivity index (χ1v) is 9.59. The summed E-state index contributed by atoms with van der Waals surface area (Å²) in [5.41, 5.74) is 0.209. The Morgan fingerprint density at radius 2 is 1.62 bits per heavy atom. The molecule has 6 nitrogen and oxygen atoms in total. The molecule has 0 fully saturated rings. The fourth-order valence-corrected chi connectivity index (χ4v) is 3.13. The summed E-state index contributed by atoms with van der Waals surface area (Å²) in [6.45, 7) is 6.22. The van der Waals surface area contributed by atoms with Gasteiger partial charge in [0.25, 0.3) is 5.91 Å². The van der Waals surface area contributed by atoms with Crippen LogP contribution in [0.1, 0.15) is 38.1 Å². The van der Waals surface area contributed by atoms with E-state index in [1.807, 2.05) is 0 Å². The molecule has 0 aromatic heterocycles. The van der Waals surface area contributed by atoms with Gasteiger partial charge < -0.3 is 10.1 Å². The van der Waals surface area contributed by atoms with Crippen LogP contribution in [0, 0.1) is 0 Å². The summed E-state index contributed by atoms with van der Waals surface area (Å²) in [4.78, 5) is 38.3. The van der Waals surface area contributed by atoms with Gasteiger partial charge in [0, 0.05) is 18.3 Å². The van der Waals surface area contributed by atoms with E-state index in [2.05, 4.69) is 5.32 Å². The van der Waals surface area contributed by atoms with E-state index in [9.17, 15) is 14.4 Å². The number of rotatable bonds is 5. The summed E-state index contributed by atoms with van der Waals surface area (Å²) in [6.07, 6.45) is 0. The van der Waals surface area contributed by atoms with Gasteiger partial charge in [-0.1, -0.05) is 35.3 Å². The molecule has 0 aliphatic heterocycles. The molecule has 8 heteroatoms. The summed E-state index contributed by atoms with van der Waals surface area (Å²) in [5.74, 6) is -1.42. The Balaban J connectivity index is 2.47. The van der Waals surface area contributed by atoms with Gasteiger partial charge in [-0.25, -0.2) is 0 Å². The Morgan fingerprint density at radius 3 is 2.17 bits per heavy atom. The highest BCUT2D eigenvalue weighted by Gasteiger charge is 2.27. The van der Waals surface area contributed by atoms with Crippen molar-refractivity contribution in [2.75, 3.05) is 16.8 Å². The van der Waals surface area contributed by atoms with Crippen LogP contribution in [-0.4, -0.2) is 29.9 Å². The number of amides is 2. The minimum atomic E-state index is -0.716. The maximum atomic E-state index is 13.3. The van der Waals surface area contributed by atoms with Gasteiger partial charge >= 0.3 is 5.97 Å².